The molecule has 2 aromatic heterocycles. The standard InChI is InChI=1S/C32H19N2O2.Pt/c35-29-14-6-5-12-26(29)32-34-31-25(13-7-15-30(31)36-32)27-17-23(16-21-9-3-4-11-24(21)27)28-18-20-8-1-2-10-22(20)19-33-28;/h1-16,18-19,35H;/q-1;. The first kappa shape index (κ1) is 23.1. The summed E-state index contributed by atoms with van der Waals surface area (Å²) in [6, 6.07) is 37.3. The summed E-state index contributed by atoms with van der Waals surface area (Å²) in [4.78, 5) is 9.55. The summed E-state index contributed by atoms with van der Waals surface area (Å²) < 4.78 is 6.07. The van der Waals surface area contributed by atoms with Crippen LogP contribution in [0.2, 0.25) is 0 Å². The Morgan fingerprint density at radius 3 is 2.30 bits per heavy atom. The molecule has 180 valence electrons. The number of phenols is 1. The summed E-state index contributed by atoms with van der Waals surface area (Å²) in [5.74, 6) is 0.513. The van der Waals surface area contributed by atoms with Gasteiger partial charge in [0, 0.05) is 33.0 Å². The van der Waals surface area contributed by atoms with Crippen LogP contribution in [-0.4, -0.2) is 15.1 Å². The van der Waals surface area contributed by atoms with Gasteiger partial charge in [0.1, 0.15) is 11.3 Å². The molecule has 0 aliphatic rings. The molecule has 0 fully saturated rings. The van der Waals surface area contributed by atoms with Crippen molar-refractivity contribution in [3.63, 3.8) is 0 Å². The van der Waals surface area contributed by atoms with Crippen molar-refractivity contribution < 1.29 is 30.6 Å². The Kier molecular flexibility index (Phi) is 5.82. The van der Waals surface area contributed by atoms with E-state index in [0.717, 1.165) is 49.4 Å². The van der Waals surface area contributed by atoms with Crippen molar-refractivity contribution in [1.29, 1.82) is 0 Å². The van der Waals surface area contributed by atoms with Gasteiger partial charge in [-0.15, -0.1) is 17.7 Å². The van der Waals surface area contributed by atoms with Gasteiger partial charge in [-0.3, -0.25) is 4.98 Å². The quantitative estimate of drug-likeness (QED) is 0.195. The maximum Gasteiger partial charge on any atom is 0.230 e. The number of hydrogen-bond acceptors (Lipinski definition) is 4. The largest absolute Gasteiger partial charge is 0.507 e. The molecule has 0 aliphatic heterocycles. The van der Waals surface area contributed by atoms with E-state index in [9.17, 15) is 5.11 Å². The molecule has 0 saturated heterocycles. The van der Waals surface area contributed by atoms with Crippen LogP contribution >= 0.6 is 0 Å². The fourth-order valence-corrected chi connectivity index (χ4v) is 4.75. The third-order valence-electron chi connectivity index (χ3n) is 6.52. The van der Waals surface area contributed by atoms with Crippen molar-refractivity contribution in [2.75, 3.05) is 0 Å². The van der Waals surface area contributed by atoms with Crippen molar-refractivity contribution in [2.45, 2.75) is 0 Å². The molecule has 0 unspecified atom stereocenters. The number of hydrogen-bond donors (Lipinski definition) is 1. The van der Waals surface area contributed by atoms with Crippen molar-refractivity contribution in [2.24, 2.45) is 0 Å². The van der Waals surface area contributed by atoms with E-state index in [-0.39, 0.29) is 26.8 Å². The van der Waals surface area contributed by atoms with E-state index in [1.54, 1.807) is 18.2 Å². The molecule has 0 saturated carbocycles. The van der Waals surface area contributed by atoms with E-state index in [0.29, 0.717) is 17.0 Å². The van der Waals surface area contributed by atoms with Gasteiger partial charge in [0.2, 0.25) is 5.89 Å². The smallest absolute Gasteiger partial charge is 0.230 e. The number of oxazole rings is 1. The number of phenolic OH excluding ortho intramolecular Hbond substituents is 1. The van der Waals surface area contributed by atoms with Gasteiger partial charge in [0.15, 0.2) is 0 Å². The molecule has 7 aromatic rings. The number of para-hydroxylation sites is 2. The zero-order valence-electron chi connectivity index (χ0n) is 19.5. The van der Waals surface area contributed by atoms with Crippen LogP contribution in [-0.2, 0) is 21.1 Å². The number of pyridine rings is 1. The minimum atomic E-state index is 0. The van der Waals surface area contributed by atoms with Gasteiger partial charge in [-0.2, -0.15) is 0 Å². The molecule has 0 radical (unpaired) electrons. The second kappa shape index (κ2) is 9.31. The Balaban J connectivity index is 0.00000252. The zero-order valence-corrected chi connectivity index (χ0v) is 21.7. The molecule has 4 nitrogen and oxygen atoms in total. The van der Waals surface area contributed by atoms with Crippen LogP contribution in [0, 0.1) is 6.07 Å². The topological polar surface area (TPSA) is 59.2 Å². The normalized spacial score (nSPS) is 11.1. The number of fused-ring (bicyclic) bond motifs is 3. The van der Waals surface area contributed by atoms with E-state index in [1.165, 1.54) is 0 Å². The molecule has 0 amide bonds. The fraction of sp³-hybridized carbons (Fsp3) is 0. The molecular formula is C32H19N2O2Pt-. The SMILES string of the molecule is Oc1ccccc1-c1nc2c(-c3[c-]c(-c4cc5ccccc5cn4)cc4ccccc34)cccc2o1.[Pt]. The van der Waals surface area contributed by atoms with Crippen LogP contribution in [0.5, 0.6) is 5.75 Å². The van der Waals surface area contributed by atoms with Crippen LogP contribution in [0.25, 0.3) is 66.5 Å². The van der Waals surface area contributed by atoms with E-state index >= 15 is 0 Å². The summed E-state index contributed by atoms with van der Waals surface area (Å²) in [6.07, 6.45) is 1.91. The van der Waals surface area contributed by atoms with Crippen molar-refractivity contribution in [1.82, 2.24) is 9.97 Å². The fourth-order valence-electron chi connectivity index (χ4n) is 4.75. The molecule has 5 heteroatoms. The minimum absolute atomic E-state index is 0. The molecule has 37 heavy (non-hydrogen) atoms. The second-order valence-corrected chi connectivity index (χ2v) is 8.75. The molecule has 0 atom stereocenters. The van der Waals surface area contributed by atoms with Gasteiger partial charge in [0.25, 0.3) is 0 Å². The van der Waals surface area contributed by atoms with Crippen LogP contribution in [0.4, 0.5) is 0 Å². The van der Waals surface area contributed by atoms with E-state index in [2.05, 4.69) is 42.5 Å². The Morgan fingerprint density at radius 1 is 0.703 bits per heavy atom. The number of rotatable bonds is 3. The first-order chi connectivity index (χ1) is 17.7. The summed E-state index contributed by atoms with van der Waals surface area (Å²) in [6.45, 7) is 0. The summed E-state index contributed by atoms with van der Waals surface area (Å²) in [7, 11) is 0. The van der Waals surface area contributed by atoms with Gasteiger partial charge in [-0.05, 0) is 29.0 Å². The first-order valence-electron chi connectivity index (χ1n) is 11.7. The Labute approximate surface area is 227 Å². The average molecular weight is 659 g/mol. The van der Waals surface area contributed by atoms with E-state index in [1.807, 2.05) is 54.7 Å². The van der Waals surface area contributed by atoms with Crippen LogP contribution < -0.4 is 0 Å². The third kappa shape index (κ3) is 4.00. The third-order valence-corrected chi connectivity index (χ3v) is 6.52. The molecular weight excluding hydrogens is 639 g/mol. The molecule has 5 aromatic carbocycles. The Morgan fingerprint density at radius 2 is 1.43 bits per heavy atom. The van der Waals surface area contributed by atoms with Gasteiger partial charge in [-0.25, -0.2) is 4.98 Å². The minimum Gasteiger partial charge on any atom is -0.507 e. The number of benzene rings is 5. The van der Waals surface area contributed by atoms with Crippen molar-refractivity contribution in [3.05, 3.63) is 115 Å². The number of aromatic hydroxyl groups is 1. The molecule has 0 bridgehead atoms. The van der Waals surface area contributed by atoms with Gasteiger partial charge < -0.3 is 9.52 Å². The monoisotopic (exact) mass is 658 g/mol. The average Bonchev–Trinajstić information content (AvgIpc) is 3.37. The molecule has 0 spiro atoms. The predicted octanol–water partition coefficient (Wildman–Crippen LogP) is 8.03. The van der Waals surface area contributed by atoms with Crippen LogP contribution in [0.1, 0.15) is 0 Å². The molecule has 7 rings (SSSR count). The van der Waals surface area contributed by atoms with Crippen LogP contribution in [0.3, 0.4) is 0 Å². The second-order valence-electron chi connectivity index (χ2n) is 8.75. The molecule has 2 heterocycles. The predicted molar refractivity (Wildman–Crippen MR) is 144 cm³/mol. The summed E-state index contributed by atoms with van der Waals surface area (Å²) in [5, 5.41) is 14.7. The first-order valence-corrected chi connectivity index (χ1v) is 11.7. The zero-order chi connectivity index (χ0) is 24.1. The molecule has 0 aliphatic carbocycles. The number of aromatic nitrogens is 2. The van der Waals surface area contributed by atoms with Gasteiger partial charge in [-0.1, -0.05) is 101 Å². The van der Waals surface area contributed by atoms with Crippen molar-refractivity contribution in [3.8, 4) is 39.6 Å². The Hall–Kier alpha value is -4.27. The Bertz CT molecular complexity index is 1930. The van der Waals surface area contributed by atoms with E-state index in [4.69, 9.17) is 14.4 Å². The maximum absolute atomic E-state index is 10.3. The van der Waals surface area contributed by atoms with Crippen molar-refractivity contribution >= 4 is 32.6 Å². The van der Waals surface area contributed by atoms with Gasteiger partial charge >= 0.3 is 0 Å². The number of nitrogens with zero attached hydrogens (tertiary/aromatic N) is 2. The summed E-state index contributed by atoms with van der Waals surface area (Å²) in [5.41, 5.74) is 5.55. The molecule has 1 N–H and O–H groups in total. The van der Waals surface area contributed by atoms with E-state index < -0.39 is 0 Å². The summed E-state index contributed by atoms with van der Waals surface area (Å²) >= 11 is 0. The van der Waals surface area contributed by atoms with Crippen LogP contribution in [0.15, 0.2) is 114 Å². The maximum atomic E-state index is 10.3. The van der Waals surface area contributed by atoms with Gasteiger partial charge in [0.05, 0.1) is 11.1 Å².